The lowest BCUT2D eigenvalue weighted by Crippen LogP contribution is -2.27. The molecule has 4 heteroatoms. The van der Waals surface area contributed by atoms with Crippen LogP contribution in [0.25, 0.3) is 0 Å². The molecule has 1 aliphatic rings. The zero-order valence-corrected chi connectivity index (χ0v) is 17.2. The van der Waals surface area contributed by atoms with Gasteiger partial charge in [-0.15, -0.1) is 0 Å². The van der Waals surface area contributed by atoms with E-state index in [2.05, 4.69) is 32.0 Å². The lowest BCUT2D eigenvalue weighted by molar-refractivity contribution is -0.146. The molecule has 2 aromatic carbocycles. The number of nitrogens with zero attached hydrogens (tertiary/aromatic N) is 1. The lowest BCUT2D eigenvalue weighted by atomic mass is 10.1. The number of carbonyl (C=O) groups excluding carboxylic acids is 2. The van der Waals surface area contributed by atoms with Crippen molar-refractivity contribution in [2.45, 2.75) is 40.5 Å². The van der Waals surface area contributed by atoms with Gasteiger partial charge in [0.15, 0.2) is 0 Å². The van der Waals surface area contributed by atoms with Gasteiger partial charge in [0, 0.05) is 20.0 Å². The minimum Gasteiger partial charge on any atom is -0.460 e. The molecule has 29 heavy (non-hydrogen) atoms. The highest BCUT2D eigenvalue weighted by atomic mass is 16.5. The maximum absolute atomic E-state index is 12.2. The summed E-state index contributed by atoms with van der Waals surface area (Å²) in [5.74, 6) is -0.473. The van der Waals surface area contributed by atoms with Crippen molar-refractivity contribution in [2.24, 2.45) is 5.92 Å². The van der Waals surface area contributed by atoms with Crippen LogP contribution in [0.5, 0.6) is 0 Å². The fourth-order valence-corrected chi connectivity index (χ4v) is 3.46. The van der Waals surface area contributed by atoms with Crippen LogP contribution >= 0.6 is 0 Å². The molecule has 0 saturated heterocycles. The van der Waals surface area contributed by atoms with Gasteiger partial charge < -0.3 is 9.64 Å². The maximum atomic E-state index is 12.2. The van der Waals surface area contributed by atoms with Crippen LogP contribution in [-0.4, -0.2) is 16.8 Å². The van der Waals surface area contributed by atoms with E-state index in [1.54, 1.807) is 6.92 Å². The molecule has 150 valence electrons. The number of hydrogen-bond acceptors (Lipinski definition) is 3. The Balaban J connectivity index is 1.58. The van der Waals surface area contributed by atoms with Crippen LogP contribution in [0.2, 0.25) is 0 Å². The SMILES string of the molecule is CC(=O)N(Cc1ccc(COC(=O)C2C=CC=C2)cc1)Cc1cc(C)cc(C)c1. The first-order valence-electron chi connectivity index (χ1n) is 9.83. The molecule has 0 aliphatic heterocycles. The van der Waals surface area contributed by atoms with Gasteiger partial charge in [-0.1, -0.05) is 77.9 Å². The summed E-state index contributed by atoms with van der Waals surface area (Å²) in [4.78, 5) is 25.9. The summed E-state index contributed by atoms with van der Waals surface area (Å²) in [7, 11) is 0. The van der Waals surface area contributed by atoms with Crippen LogP contribution in [0.1, 0.15) is 34.7 Å². The number of allylic oxidation sites excluding steroid dienone is 2. The minimum atomic E-state index is -0.274. The van der Waals surface area contributed by atoms with E-state index < -0.39 is 0 Å². The zero-order valence-electron chi connectivity index (χ0n) is 17.2. The first kappa shape index (κ1) is 20.6. The fourth-order valence-electron chi connectivity index (χ4n) is 3.46. The van der Waals surface area contributed by atoms with Crippen LogP contribution in [-0.2, 0) is 34.0 Å². The second kappa shape index (κ2) is 9.37. The molecule has 1 aliphatic carbocycles. The van der Waals surface area contributed by atoms with Crippen molar-refractivity contribution < 1.29 is 14.3 Å². The number of ether oxygens (including phenoxy) is 1. The van der Waals surface area contributed by atoms with Crippen LogP contribution in [0, 0.1) is 19.8 Å². The van der Waals surface area contributed by atoms with Gasteiger partial charge in [0.25, 0.3) is 0 Å². The summed E-state index contributed by atoms with van der Waals surface area (Å²) in [6.45, 7) is 7.11. The third-order valence-corrected chi connectivity index (χ3v) is 4.90. The van der Waals surface area contributed by atoms with Gasteiger partial charge in [-0.25, -0.2) is 0 Å². The summed E-state index contributed by atoms with van der Waals surface area (Å²) >= 11 is 0. The van der Waals surface area contributed by atoms with Crippen LogP contribution in [0.3, 0.4) is 0 Å². The monoisotopic (exact) mass is 389 g/mol. The molecule has 0 radical (unpaired) electrons. The van der Waals surface area contributed by atoms with Crippen molar-refractivity contribution in [2.75, 3.05) is 0 Å². The van der Waals surface area contributed by atoms with E-state index in [4.69, 9.17) is 4.74 Å². The van der Waals surface area contributed by atoms with Crippen LogP contribution < -0.4 is 0 Å². The number of carbonyl (C=O) groups is 2. The first-order chi connectivity index (χ1) is 13.9. The van der Waals surface area contributed by atoms with E-state index in [1.165, 1.54) is 11.1 Å². The Morgan fingerprint density at radius 2 is 1.41 bits per heavy atom. The third kappa shape index (κ3) is 5.92. The number of hydrogen-bond donors (Lipinski definition) is 0. The molecule has 0 bridgehead atoms. The number of rotatable bonds is 7. The maximum Gasteiger partial charge on any atom is 0.317 e. The molecule has 0 saturated carbocycles. The quantitative estimate of drug-likeness (QED) is 0.648. The van der Waals surface area contributed by atoms with E-state index >= 15 is 0 Å². The average molecular weight is 389 g/mol. The van der Waals surface area contributed by atoms with Gasteiger partial charge in [-0.3, -0.25) is 9.59 Å². The fraction of sp³-hybridized carbons (Fsp3) is 0.280. The normalized spacial score (nSPS) is 12.9. The van der Waals surface area contributed by atoms with Gasteiger partial charge in [-0.2, -0.15) is 0 Å². The predicted octanol–water partition coefficient (Wildman–Crippen LogP) is 4.64. The molecule has 0 heterocycles. The Morgan fingerprint density at radius 1 is 0.862 bits per heavy atom. The van der Waals surface area contributed by atoms with Gasteiger partial charge >= 0.3 is 5.97 Å². The highest BCUT2D eigenvalue weighted by molar-refractivity contribution is 5.77. The van der Waals surface area contributed by atoms with Gasteiger partial charge in [0.05, 0.1) is 5.92 Å². The molecule has 0 atom stereocenters. The topological polar surface area (TPSA) is 46.6 Å². The van der Waals surface area contributed by atoms with Gasteiger partial charge in [-0.05, 0) is 30.5 Å². The predicted molar refractivity (Wildman–Crippen MR) is 114 cm³/mol. The smallest absolute Gasteiger partial charge is 0.317 e. The van der Waals surface area contributed by atoms with E-state index in [0.29, 0.717) is 13.1 Å². The second-order valence-corrected chi connectivity index (χ2v) is 7.59. The number of esters is 1. The first-order valence-corrected chi connectivity index (χ1v) is 9.83. The third-order valence-electron chi connectivity index (χ3n) is 4.90. The summed E-state index contributed by atoms with van der Waals surface area (Å²) in [5.41, 5.74) is 5.51. The Bertz CT molecular complexity index is 909. The molecular weight excluding hydrogens is 362 g/mol. The van der Waals surface area contributed by atoms with Crippen molar-refractivity contribution in [3.8, 4) is 0 Å². The van der Waals surface area contributed by atoms with Crippen molar-refractivity contribution in [1.82, 2.24) is 4.90 Å². The number of amides is 1. The molecule has 0 spiro atoms. The van der Waals surface area contributed by atoms with E-state index in [9.17, 15) is 9.59 Å². The summed E-state index contributed by atoms with van der Waals surface area (Å²) in [6, 6.07) is 14.2. The molecule has 3 rings (SSSR count). The Morgan fingerprint density at radius 3 is 2.00 bits per heavy atom. The van der Waals surface area contributed by atoms with Gasteiger partial charge in [0.2, 0.25) is 5.91 Å². The largest absolute Gasteiger partial charge is 0.460 e. The summed E-state index contributed by atoms with van der Waals surface area (Å²) in [5, 5.41) is 0. The Hall–Kier alpha value is -3.14. The van der Waals surface area contributed by atoms with E-state index in [0.717, 1.165) is 16.7 Å². The molecule has 1 amide bonds. The van der Waals surface area contributed by atoms with Crippen molar-refractivity contribution in [3.63, 3.8) is 0 Å². The second-order valence-electron chi connectivity index (χ2n) is 7.59. The van der Waals surface area contributed by atoms with Crippen LogP contribution in [0.15, 0.2) is 66.8 Å². The molecule has 0 unspecified atom stereocenters. The number of aryl methyl sites for hydroxylation is 2. The zero-order chi connectivity index (χ0) is 20.8. The van der Waals surface area contributed by atoms with Crippen molar-refractivity contribution in [3.05, 3.63) is 94.6 Å². The minimum absolute atomic E-state index is 0.0415. The molecule has 4 nitrogen and oxygen atoms in total. The number of benzene rings is 2. The van der Waals surface area contributed by atoms with E-state index in [1.807, 2.05) is 53.5 Å². The highest BCUT2D eigenvalue weighted by Crippen LogP contribution is 2.16. The highest BCUT2D eigenvalue weighted by Gasteiger charge is 2.16. The molecule has 0 fully saturated rings. The van der Waals surface area contributed by atoms with Gasteiger partial charge in [0.1, 0.15) is 6.61 Å². The summed E-state index contributed by atoms with van der Waals surface area (Å²) < 4.78 is 5.37. The average Bonchev–Trinajstić information content (AvgIpc) is 3.20. The molecule has 0 aromatic heterocycles. The molecular formula is C25H27NO3. The van der Waals surface area contributed by atoms with Crippen molar-refractivity contribution >= 4 is 11.9 Å². The standard InChI is InChI=1S/C25H27NO3/c1-18-12-19(2)14-23(13-18)16-26(20(3)27)15-21-8-10-22(11-9-21)17-29-25(28)24-6-4-5-7-24/h4-14,24H,15-17H2,1-3H3. The summed E-state index contributed by atoms with van der Waals surface area (Å²) in [6.07, 6.45) is 7.33. The molecule has 2 aromatic rings. The van der Waals surface area contributed by atoms with E-state index in [-0.39, 0.29) is 24.4 Å². The lowest BCUT2D eigenvalue weighted by Gasteiger charge is -2.22. The van der Waals surface area contributed by atoms with Crippen molar-refractivity contribution in [1.29, 1.82) is 0 Å². The Kier molecular flexibility index (Phi) is 6.65. The van der Waals surface area contributed by atoms with Crippen LogP contribution in [0.4, 0.5) is 0 Å². The Labute approximate surface area is 172 Å². The molecule has 0 N–H and O–H groups in total.